The molecule has 1 rings (SSSR count). The summed E-state index contributed by atoms with van der Waals surface area (Å²) in [5.74, 6) is 6.29. The maximum absolute atomic E-state index is 5.54. The number of nitrogens with zero attached hydrogens (tertiary/aromatic N) is 4. The highest BCUT2D eigenvalue weighted by Gasteiger charge is 2.10. The molecule has 0 aliphatic rings. The Hall–Kier alpha value is -1.01. The second-order valence-corrected chi connectivity index (χ2v) is 4.47. The molecule has 98 valence electrons. The van der Waals surface area contributed by atoms with Crippen molar-refractivity contribution in [1.29, 1.82) is 0 Å². The number of hydrogen-bond donors (Lipinski definition) is 2. The third kappa shape index (κ3) is 5.74. The predicted octanol–water partition coefficient (Wildman–Crippen LogP) is 0.945. The fourth-order valence-electron chi connectivity index (χ4n) is 1.86. The van der Waals surface area contributed by atoms with Crippen LogP contribution >= 0.6 is 0 Å². The first-order chi connectivity index (χ1) is 8.26. The van der Waals surface area contributed by atoms with Gasteiger partial charge in [-0.05, 0) is 11.6 Å². The first-order valence-corrected chi connectivity index (χ1v) is 6.45. The summed E-state index contributed by atoms with van der Waals surface area (Å²) in [6.07, 6.45) is 8.22. The summed E-state index contributed by atoms with van der Waals surface area (Å²) in [6, 6.07) is 0.251. The molecule has 17 heavy (non-hydrogen) atoms. The number of hydrazine groups is 1. The summed E-state index contributed by atoms with van der Waals surface area (Å²) in [5.41, 5.74) is 2.83. The zero-order valence-electron chi connectivity index (χ0n) is 10.9. The van der Waals surface area contributed by atoms with Gasteiger partial charge in [-0.15, -0.1) is 10.2 Å². The van der Waals surface area contributed by atoms with Gasteiger partial charge in [0.1, 0.15) is 0 Å². The van der Waals surface area contributed by atoms with Gasteiger partial charge in [0.15, 0.2) is 5.82 Å². The minimum absolute atomic E-state index is 0.251. The fourth-order valence-corrected chi connectivity index (χ4v) is 1.86. The Bertz CT molecular complexity index is 298. The molecule has 1 aromatic heterocycles. The maximum atomic E-state index is 5.54. The SMILES string of the molecule is CCCCCCCC(Cc1nnn(C)n1)NN. The zero-order valence-corrected chi connectivity index (χ0v) is 10.9. The molecule has 0 fully saturated rings. The molecular formula is C11H24N6. The van der Waals surface area contributed by atoms with Crippen LogP contribution in [0, 0.1) is 0 Å². The lowest BCUT2D eigenvalue weighted by atomic mass is 10.0. The van der Waals surface area contributed by atoms with E-state index in [9.17, 15) is 0 Å². The Morgan fingerprint density at radius 3 is 2.65 bits per heavy atom. The second kappa shape index (κ2) is 8.14. The molecule has 0 saturated heterocycles. The van der Waals surface area contributed by atoms with Crippen LogP contribution in [0.5, 0.6) is 0 Å². The third-order valence-electron chi connectivity index (χ3n) is 2.87. The van der Waals surface area contributed by atoms with Crippen LogP contribution in [0.3, 0.4) is 0 Å². The topological polar surface area (TPSA) is 81.7 Å². The van der Waals surface area contributed by atoms with E-state index in [0.29, 0.717) is 0 Å². The van der Waals surface area contributed by atoms with E-state index in [2.05, 4.69) is 27.8 Å². The van der Waals surface area contributed by atoms with Crippen LogP contribution < -0.4 is 11.3 Å². The van der Waals surface area contributed by atoms with Crippen molar-refractivity contribution in [2.75, 3.05) is 0 Å². The largest absolute Gasteiger partial charge is 0.271 e. The quantitative estimate of drug-likeness (QED) is 0.381. The summed E-state index contributed by atoms with van der Waals surface area (Å²) in [4.78, 5) is 1.48. The molecule has 0 amide bonds. The number of nitrogens with two attached hydrogens (primary N) is 1. The van der Waals surface area contributed by atoms with E-state index in [-0.39, 0.29) is 6.04 Å². The van der Waals surface area contributed by atoms with Gasteiger partial charge in [0.25, 0.3) is 0 Å². The highest BCUT2D eigenvalue weighted by atomic mass is 15.6. The molecule has 0 aliphatic carbocycles. The van der Waals surface area contributed by atoms with Crippen molar-refractivity contribution >= 4 is 0 Å². The smallest absolute Gasteiger partial charge is 0.176 e. The molecule has 0 aromatic carbocycles. The third-order valence-corrected chi connectivity index (χ3v) is 2.87. The second-order valence-electron chi connectivity index (χ2n) is 4.47. The highest BCUT2D eigenvalue weighted by Crippen LogP contribution is 2.08. The van der Waals surface area contributed by atoms with Crippen LogP contribution in [0.2, 0.25) is 0 Å². The zero-order chi connectivity index (χ0) is 12.5. The van der Waals surface area contributed by atoms with E-state index >= 15 is 0 Å². The molecular weight excluding hydrogens is 216 g/mol. The van der Waals surface area contributed by atoms with Crippen LogP contribution in [0.1, 0.15) is 51.3 Å². The monoisotopic (exact) mass is 240 g/mol. The van der Waals surface area contributed by atoms with Gasteiger partial charge in [0, 0.05) is 12.5 Å². The van der Waals surface area contributed by atoms with E-state index in [1.54, 1.807) is 7.05 Å². The Morgan fingerprint density at radius 2 is 2.06 bits per heavy atom. The Kier molecular flexibility index (Phi) is 6.73. The standard InChI is InChI=1S/C11H24N6/c1-3-4-5-6-7-8-10(13-12)9-11-14-16-17(2)15-11/h10,13H,3-9,12H2,1-2H3. The molecule has 1 aromatic rings. The van der Waals surface area contributed by atoms with Crippen molar-refractivity contribution in [3.05, 3.63) is 5.82 Å². The number of hydrogen-bond acceptors (Lipinski definition) is 5. The molecule has 6 heteroatoms. The Morgan fingerprint density at radius 1 is 1.29 bits per heavy atom. The van der Waals surface area contributed by atoms with Crippen molar-refractivity contribution in [2.45, 2.75) is 57.9 Å². The number of nitrogens with one attached hydrogen (secondary N) is 1. The van der Waals surface area contributed by atoms with Gasteiger partial charge in [0.2, 0.25) is 0 Å². The van der Waals surface area contributed by atoms with Gasteiger partial charge in [-0.1, -0.05) is 39.0 Å². The summed E-state index contributed by atoms with van der Waals surface area (Å²) in [7, 11) is 1.77. The van der Waals surface area contributed by atoms with Gasteiger partial charge < -0.3 is 0 Å². The maximum Gasteiger partial charge on any atom is 0.176 e. The van der Waals surface area contributed by atoms with E-state index in [0.717, 1.165) is 18.7 Å². The van der Waals surface area contributed by atoms with E-state index in [1.165, 1.54) is 36.9 Å². The normalized spacial score (nSPS) is 12.9. The van der Waals surface area contributed by atoms with Gasteiger partial charge >= 0.3 is 0 Å². The average molecular weight is 240 g/mol. The predicted molar refractivity (Wildman–Crippen MR) is 67.0 cm³/mol. The van der Waals surface area contributed by atoms with Crippen LogP contribution in [-0.4, -0.2) is 26.2 Å². The molecule has 0 spiro atoms. The van der Waals surface area contributed by atoms with Gasteiger partial charge in [0.05, 0.1) is 7.05 Å². The number of aromatic nitrogens is 4. The van der Waals surface area contributed by atoms with Crippen molar-refractivity contribution < 1.29 is 0 Å². The lowest BCUT2D eigenvalue weighted by molar-refractivity contribution is 0.453. The lowest BCUT2D eigenvalue weighted by Crippen LogP contribution is -2.37. The number of aryl methyl sites for hydroxylation is 1. The summed E-state index contributed by atoms with van der Waals surface area (Å²) in [6.45, 7) is 2.23. The minimum atomic E-state index is 0.251. The number of tetrazole rings is 1. The van der Waals surface area contributed by atoms with Crippen LogP contribution in [0.15, 0.2) is 0 Å². The minimum Gasteiger partial charge on any atom is -0.271 e. The molecule has 0 saturated carbocycles. The number of unbranched alkanes of at least 4 members (excludes halogenated alkanes) is 4. The molecule has 3 N–H and O–H groups in total. The fraction of sp³-hybridized carbons (Fsp3) is 0.909. The first-order valence-electron chi connectivity index (χ1n) is 6.45. The molecule has 0 aliphatic heterocycles. The molecule has 6 nitrogen and oxygen atoms in total. The van der Waals surface area contributed by atoms with Crippen molar-refractivity contribution in [3.63, 3.8) is 0 Å². The van der Waals surface area contributed by atoms with Gasteiger partial charge in [-0.2, -0.15) is 4.80 Å². The van der Waals surface area contributed by atoms with Crippen molar-refractivity contribution in [1.82, 2.24) is 25.6 Å². The van der Waals surface area contributed by atoms with E-state index in [1.807, 2.05) is 0 Å². The van der Waals surface area contributed by atoms with Crippen LogP contribution in [-0.2, 0) is 13.5 Å². The summed E-state index contributed by atoms with van der Waals surface area (Å²) in [5, 5.41) is 11.9. The highest BCUT2D eigenvalue weighted by molar-refractivity contribution is 4.83. The molecule has 1 heterocycles. The lowest BCUT2D eigenvalue weighted by Gasteiger charge is -2.13. The van der Waals surface area contributed by atoms with Crippen LogP contribution in [0.4, 0.5) is 0 Å². The molecule has 0 bridgehead atoms. The Labute approximate surface area is 103 Å². The number of rotatable bonds is 9. The van der Waals surface area contributed by atoms with Gasteiger partial charge in [-0.25, -0.2) is 0 Å². The summed E-state index contributed by atoms with van der Waals surface area (Å²) < 4.78 is 0. The van der Waals surface area contributed by atoms with Gasteiger partial charge in [-0.3, -0.25) is 11.3 Å². The first kappa shape index (κ1) is 14.1. The molecule has 0 radical (unpaired) electrons. The molecule has 1 unspecified atom stereocenters. The van der Waals surface area contributed by atoms with E-state index in [4.69, 9.17) is 5.84 Å². The van der Waals surface area contributed by atoms with Crippen molar-refractivity contribution in [3.8, 4) is 0 Å². The van der Waals surface area contributed by atoms with Crippen LogP contribution in [0.25, 0.3) is 0 Å². The molecule has 1 atom stereocenters. The van der Waals surface area contributed by atoms with Crippen molar-refractivity contribution in [2.24, 2.45) is 12.9 Å². The summed E-state index contributed by atoms with van der Waals surface area (Å²) >= 11 is 0. The average Bonchev–Trinajstić information content (AvgIpc) is 2.73. The van der Waals surface area contributed by atoms with E-state index < -0.39 is 0 Å². The Balaban J connectivity index is 2.19.